The quantitative estimate of drug-likeness (QED) is 0.858. The molecular formula is C12H15ClFNO. The van der Waals surface area contributed by atoms with Gasteiger partial charge in [0.05, 0.1) is 0 Å². The predicted octanol–water partition coefficient (Wildman–Crippen LogP) is 3.07. The van der Waals surface area contributed by atoms with Crippen LogP contribution < -0.4 is 10.1 Å². The summed E-state index contributed by atoms with van der Waals surface area (Å²) in [6, 6.07) is 4.65. The summed E-state index contributed by atoms with van der Waals surface area (Å²) in [6.45, 7) is 2.82. The van der Waals surface area contributed by atoms with Crippen LogP contribution in [-0.4, -0.2) is 13.7 Å². The fourth-order valence-electron chi connectivity index (χ4n) is 1.24. The van der Waals surface area contributed by atoms with E-state index in [9.17, 15) is 4.39 Å². The van der Waals surface area contributed by atoms with E-state index in [0.717, 1.165) is 11.1 Å². The maximum absolute atomic E-state index is 13.2. The van der Waals surface area contributed by atoms with Gasteiger partial charge in [0.1, 0.15) is 18.2 Å². The molecule has 4 heteroatoms. The van der Waals surface area contributed by atoms with E-state index in [1.165, 1.54) is 17.7 Å². The fraction of sp³-hybridized carbons (Fsp3) is 0.333. The van der Waals surface area contributed by atoms with Gasteiger partial charge in [-0.1, -0.05) is 11.6 Å². The van der Waals surface area contributed by atoms with Gasteiger partial charge in [0, 0.05) is 18.1 Å². The zero-order valence-corrected chi connectivity index (χ0v) is 10.1. The number of nitrogens with one attached hydrogen (secondary N) is 1. The minimum Gasteiger partial charge on any atom is -0.489 e. The molecule has 1 rings (SSSR count). The van der Waals surface area contributed by atoms with Crippen LogP contribution in [0.5, 0.6) is 5.75 Å². The summed E-state index contributed by atoms with van der Waals surface area (Å²) < 4.78 is 18.6. The van der Waals surface area contributed by atoms with Gasteiger partial charge in [0.25, 0.3) is 0 Å². The molecule has 0 aliphatic carbocycles. The SMILES string of the molecule is CNCc1cc(F)cc(OC/C(C)=C/Cl)c1. The zero-order valence-electron chi connectivity index (χ0n) is 9.39. The highest BCUT2D eigenvalue weighted by atomic mass is 35.5. The second-order valence-corrected chi connectivity index (χ2v) is 3.79. The minimum atomic E-state index is -0.296. The van der Waals surface area contributed by atoms with E-state index in [1.807, 2.05) is 14.0 Å². The summed E-state index contributed by atoms with van der Waals surface area (Å²) in [6.07, 6.45) is 0. The van der Waals surface area contributed by atoms with Crippen molar-refractivity contribution < 1.29 is 9.13 Å². The van der Waals surface area contributed by atoms with Crippen LogP contribution in [0.25, 0.3) is 0 Å². The largest absolute Gasteiger partial charge is 0.489 e. The monoisotopic (exact) mass is 243 g/mol. The molecule has 0 aliphatic heterocycles. The molecule has 0 atom stereocenters. The summed E-state index contributed by atoms with van der Waals surface area (Å²) in [5, 5.41) is 2.96. The normalized spacial score (nSPS) is 11.6. The molecule has 0 unspecified atom stereocenters. The van der Waals surface area contributed by atoms with E-state index in [0.29, 0.717) is 18.9 Å². The molecular weight excluding hydrogens is 229 g/mol. The summed E-state index contributed by atoms with van der Waals surface area (Å²) >= 11 is 5.50. The second kappa shape index (κ2) is 6.51. The van der Waals surface area contributed by atoms with Gasteiger partial charge in [-0.05, 0) is 37.2 Å². The smallest absolute Gasteiger partial charge is 0.127 e. The van der Waals surface area contributed by atoms with E-state index >= 15 is 0 Å². The van der Waals surface area contributed by atoms with Gasteiger partial charge in [-0.3, -0.25) is 0 Å². The standard InChI is InChI=1S/C12H15ClFNO/c1-9(6-13)8-16-12-4-10(7-15-2)3-11(14)5-12/h3-6,15H,7-8H2,1-2H3/b9-6+. The van der Waals surface area contributed by atoms with Crippen molar-refractivity contribution in [1.29, 1.82) is 0 Å². The van der Waals surface area contributed by atoms with Crippen LogP contribution in [0.2, 0.25) is 0 Å². The molecule has 0 aliphatic rings. The molecule has 88 valence electrons. The average Bonchev–Trinajstić information content (AvgIpc) is 2.25. The van der Waals surface area contributed by atoms with E-state index in [2.05, 4.69) is 5.32 Å². The van der Waals surface area contributed by atoms with E-state index < -0.39 is 0 Å². The van der Waals surface area contributed by atoms with Crippen molar-refractivity contribution in [2.45, 2.75) is 13.5 Å². The van der Waals surface area contributed by atoms with Crippen molar-refractivity contribution in [3.63, 3.8) is 0 Å². The maximum Gasteiger partial charge on any atom is 0.127 e. The number of halogens is 2. The average molecular weight is 244 g/mol. The van der Waals surface area contributed by atoms with Gasteiger partial charge in [0.15, 0.2) is 0 Å². The van der Waals surface area contributed by atoms with Gasteiger partial charge in [-0.2, -0.15) is 0 Å². The van der Waals surface area contributed by atoms with E-state index in [-0.39, 0.29) is 5.82 Å². The van der Waals surface area contributed by atoms with Crippen LogP contribution in [0.15, 0.2) is 29.3 Å². The highest BCUT2D eigenvalue weighted by Crippen LogP contribution is 2.17. The molecule has 0 saturated heterocycles. The Morgan fingerprint density at radius 2 is 2.25 bits per heavy atom. The predicted molar refractivity (Wildman–Crippen MR) is 64.3 cm³/mol. The molecule has 0 saturated carbocycles. The molecule has 0 amide bonds. The molecule has 1 N–H and O–H groups in total. The first-order valence-corrected chi connectivity index (χ1v) is 5.42. The third kappa shape index (κ3) is 4.21. The van der Waals surface area contributed by atoms with Gasteiger partial charge in [-0.15, -0.1) is 0 Å². The van der Waals surface area contributed by atoms with Gasteiger partial charge in [0.2, 0.25) is 0 Å². The molecule has 1 aromatic rings. The maximum atomic E-state index is 13.2. The second-order valence-electron chi connectivity index (χ2n) is 3.57. The van der Waals surface area contributed by atoms with Gasteiger partial charge in [-0.25, -0.2) is 4.39 Å². The summed E-state index contributed by atoms with van der Waals surface area (Å²) in [4.78, 5) is 0. The molecule has 0 heterocycles. The fourth-order valence-corrected chi connectivity index (χ4v) is 1.30. The van der Waals surface area contributed by atoms with Crippen LogP contribution in [-0.2, 0) is 6.54 Å². The summed E-state index contributed by atoms with van der Waals surface area (Å²) in [5.41, 5.74) is 3.19. The van der Waals surface area contributed by atoms with Crippen LogP contribution in [0.3, 0.4) is 0 Å². The minimum absolute atomic E-state index is 0.296. The highest BCUT2D eigenvalue weighted by Gasteiger charge is 2.01. The number of hydrogen-bond acceptors (Lipinski definition) is 2. The lowest BCUT2D eigenvalue weighted by atomic mass is 10.2. The van der Waals surface area contributed by atoms with Crippen LogP contribution in [0.1, 0.15) is 12.5 Å². The van der Waals surface area contributed by atoms with Crippen molar-refractivity contribution in [2.24, 2.45) is 0 Å². The van der Waals surface area contributed by atoms with Crippen molar-refractivity contribution in [3.05, 3.63) is 40.7 Å². The zero-order chi connectivity index (χ0) is 12.0. The summed E-state index contributed by atoms with van der Waals surface area (Å²) in [7, 11) is 1.81. The van der Waals surface area contributed by atoms with Crippen molar-refractivity contribution in [3.8, 4) is 5.75 Å². The molecule has 1 aromatic carbocycles. The Labute approximate surface area is 100 Å². The Morgan fingerprint density at radius 3 is 2.88 bits per heavy atom. The Bertz CT molecular complexity index is 379. The lowest BCUT2D eigenvalue weighted by Crippen LogP contribution is -2.06. The Kier molecular flexibility index (Phi) is 5.29. The number of benzene rings is 1. The first-order valence-electron chi connectivity index (χ1n) is 4.98. The first-order chi connectivity index (χ1) is 7.65. The number of ether oxygens (including phenoxy) is 1. The van der Waals surface area contributed by atoms with Gasteiger partial charge < -0.3 is 10.1 Å². The summed E-state index contributed by atoms with van der Waals surface area (Å²) in [5.74, 6) is 0.221. The molecule has 0 spiro atoms. The number of rotatable bonds is 5. The Morgan fingerprint density at radius 1 is 1.50 bits per heavy atom. The van der Waals surface area contributed by atoms with Crippen molar-refractivity contribution >= 4 is 11.6 Å². The number of hydrogen-bond donors (Lipinski definition) is 1. The highest BCUT2D eigenvalue weighted by molar-refractivity contribution is 6.25. The molecule has 0 fully saturated rings. The van der Waals surface area contributed by atoms with Crippen molar-refractivity contribution in [1.82, 2.24) is 5.32 Å². The Hall–Kier alpha value is -1.06. The molecule has 2 nitrogen and oxygen atoms in total. The molecule has 0 aromatic heterocycles. The van der Waals surface area contributed by atoms with Crippen LogP contribution >= 0.6 is 11.6 Å². The Balaban J connectivity index is 2.72. The molecule has 0 radical (unpaired) electrons. The van der Waals surface area contributed by atoms with E-state index in [1.54, 1.807) is 6.07 Å². The first kappa shape index (κ1) is 13.0. The van der Waals surface area contributed by atoms with E-state index in [4.69, 9.17) is 16.3 Å². The third-order valence-electron chi connectivity index (χ3n) is 1.96. The molecule has 16 heavy (non-hydrogen) atoms. The molecule has 0 bridgehead atoms. The van der Waals surface area contributed by atoms with Crippen LogP contribution in [0.4, 0.5) is 4.39 Å². The lowest BCUT2D eigenvalue weighted by Gasteiger charge is -2.08. The van der Waals surface area contributed by atoms with Crippen molar-refractivity contribution in [2.75, 3.05) is 13.7 Å². The topological polar surface area (TPSA) is 21.3 Å². The lowest BCUT2D eigenvalue weighted by molar-refractivity contribution is 0.349. The van der Waals surface area contributed by atoms with Gasteiger partial charge >= 0.3 is 0 Å². The van der Waals surface area contributed by atoms with Crippen LogP contribution in [0, 0.1) is 5.82 Å². The third-order valence-corrected chi connectivity index (χ3v) is 2.34.